The lowest BCUT2D eigenvalue weighted by Crippen LogP contribution is -2.17. The first-order valence-corrected chi connectivity index (χ1v) is 13.4. The number of halogens is 2. The number of aryl methyl sites for hydroxylation is 2. The van der Waals surface area contributed by atoms with E-state index in [0.717, 1.165) is 44.4 Å². The fraction of sp³-hybridized carbons (Fsp3) is 0.286. The number of carbonyl (C=O) groups excluding carboxylic acids is 1. The number of nitrogens with one attached hydrogen (secondary N) is 1. The van der Waals surface area contributed by atoms with E-state index in [1.165, 1.54) is 4.88 Å². The van der Waals surface area contributed by atoms with Crippen molar-refractivity contribution < 1.29 is 9.18 Å². The zero-order valence-corrected chi connectivity index (χ0v) is 22.3. The maximum atomic E-state index is 13.8. The number of thiophene rings is 1. The van der Waals surface area contributed by atoms with Gasteiger partial charge in [-0.2, -0.15) is 0 Å². The summed E-state index contributed by atoms with van der Waals surface area (Å²) >= 11 is 7.85. The van der Waals surface area contributed by atoms with E-state index in [4.69, 9.17) is 16.6 Å². The van der Waals surface area contributed by atoms with Gasteiger partial charge in [-0.3, -0.25) is 14.4 Å². The van der Waals surface area contributed by atoms with Crippen LogP contribution in [0.25, 0.3) is 5.00 Å². The molecule has 2 atom stereocenters. The highest BCUT2D eigenvalue weighted by Crippen LogP contribution is 2.39. The number of carbonyl (C=O) groups is 1. The SMILES string of the molecule is Cc1sc2c(c1C)C(c1ccc(Cl)cc1)=N[C@@H](CC(=O)Nc1ccc3c(c1)C[C@@H](F)C3)c1nnc(C)n1-2. The van der Waals surface area contributed by atoms with Gasteiger partial charge in [-0.1, -0.05) is 29.8 Å². The summed E-state index contributed by atoms with van der Waals surface area (Å²) in [6.45, 7) is 6.11. The normalized spacial score (nSPS) is 18.0. The molecule has 0 saturated carbocycles. The number of aromatic nitrogens is 3. The minimum Gasteiger partial charge on any atom is -0.326 e. The van der Waals surface area contributed by atoms with Crippen molar-refractivity contribution in [3.05, 3.63) is 91.8 Å². The van der Waals surface area contributed by atoms with E-state index in [0.29, 0.717) is 29.4 Å². The van der Waals surface area contributed by atoms with Gasteiger partial charge in [-0.15, -0.1) is 21.5 Å². The van der Waals surface area contributed by atoms with Crippen LogP contribution in [0.15, 0.2) is 47.5 Å². The van der Waals surface area contributed by atoms with Crippen LogP contribution in [0, 0.1) is 20.8 Å². The molecule has 6 nitrogen and oxygen atoms in total. The van der Waals surface area contributed by atoms with E-state index >= 15 is 0 Å². The molecule has 6 rings (SSSR count). The van der Waals surface area contributed by atoms with Gasteiger partial charge in [-0.05, 0) is 61.7 Å². The number of rotatable bonds is 4. The summed E-state index contributed by atoms with van der Waals surface area (Å²) < 4.78 is 15.8. The Balaban J connectivity index is 1.39. The predicted octanol–water partition coefficient (Wildman–Crippen LogP) is 6.27. The smallest absolute Gasteiger partial charge is 0.227 e. The molecule has 0 spiro atoms. The zero-order valence-electron chi connectivity index (χ0n) is 20.7. The monoisotopic (exact) mass is 533 g/mol. The van der Waals surface area contributed by atoms with Gasteiger partial charge in [0.05, 0.1) is 12.1 Å². The Labute approximate surface area is 223 Å². The topological polar surface area (TPSA) is 72.2 Å². The van der Waals surface area contributed by atoms with Crippen molar-refractivity contribution in [3.63, 3.8) is 0 Å². The maximum Gasteiger partial charge on any atom is 0.227 e. The molecule has 0 saturated heterocycles. The molecule has 3 heterocycles. The van der Waals surface area contributed by atoms with Gasteiger partial charge in [0.15, 0.2) is 5.82 Å². The van der Waals surface area contributed by atoms with Gasteiger partial charge in [0, 0.05) is 39.6 Å². The zero-order chi connectivity index (χ0) is 25.8. The molecule has 2 aromatic carbocycles. The van der Waals surface area contributed by atoms with Crippen LogP contribution < -0.4 is 5.32 Å². The highest BCUT2D eigenvalue weighted by molar-refractivity contribution is 7.15. The molecule has 37 heavy (non-hydrogen) atoms. The second-order valence-corrected chi connectivity index (χ2v) is 11.3. The molecule has 2 aromatic heterocycles. The Morgan fingerprint density at radius 1 is 1.11 bits per heavy atom. The van der Waals surface area contributed by atoms with Crippen LogP contribution in [-0.4, -0.2) is 32.6 Å². The summed E-state index contributed by atoms with van der Waals surface area (Å²) in [5.74, 6) is 1.19. The van der Waals surface area contributed by atoms with Gasteiger partial charge in [0.2, 0.25) is 5.91 Å². The highest BCUT2D eigenvalue weighted by Gasteiger charge is 2.32. The number of hydrogen-bond donors (Lipinski definition) is 1. The van der Waals surface area contributed by atoms with Crippen LogP contribution >= 0.6 is 22.9 Å². The molecule has 1 aliphatic heterocycles. The van der Waals surface area contributed by atoms with Crippen molar-refractivity contribution in [2.24, 2.45) is 4.99 Å². The first-order chi connectivity index (χ1) is 17.8. The summed E-state index contributed by atoms with van der Waals surface area (Å²) in [6.07, 6.45) is 0.0623. The Morgan fingerprint density at radius 2 is 1.86 bits per heavy atom. The van der Waals surface area contributed by atoms with E-state index in [1.807, 2.05) is 54.0 Å². The standard InChI is InChI=1S/C28H25ClFN5OS/c1-14-15(2)37-28-25(14)26(17-4-7-20(29)8-5-17)32-23(27-34-33-16(3)35(27)28)13-24(36)31-22-9-6-18-10-21(30)11-19(18)12-22/h4-9,12,21,23H,10-11,13H2,1-3H3,(H,31,36)/t21-,23-/m0/s1. The van der Waals surface area contributed by atoms with Crippen molar-refractivity contribution in [3.8, 4) is 5.00 Å². The van der Waals surface area contributed by atoms with Crippen molar-refractivity contribution in [2.45, 2.75) is 52.2 Å². The Morgan fingerprint density at radius 3 is 2.65 bits per heavy atom. The maximum absolute atomic E-state index is 13.8. The third kappa shape index (κ3) is 4.28. The number of hydrogen-bond acceptors (Lipinski definition) is 5. The lowest BCUT2D eigenvalue weighted by Gasteiger charge is -2.13. The molecule has 0 unspecified atom stereocenters. The Kier molecular flexibility index (Phi) is 5.96. The summed E-state index contributed by atoms with van der Waals surface area (Å²) in [4.78, 5) is 19.6. The molecule has 188 valence electrons. The largest absolute Gasteiger partial charge is 0.326 e. The number of aliphatic imine (C=N–C) groups is 1. The fourth-order valence-electron chi connectivity index (χ4n) is 5.16. The molecule has 2 aliphatic rings. The van der Waals surface area contributed by atoms with Gasteiger partial charge in [0.1, 0.15) is 23.0 Å². The second-order valence-electron chi connectivity index (χ2n) is 9.65. The number of nitrogens with zero attached hydrogens (tertiary/aromatic N) is 4. The van der Waals surface area contributed by atoms with Crippen molar-refractivity contribution in [2.75, 3.05) is 5.32 Å². The highest BCUT2D eigenvalue weighted by atomic mass is 35.5. The minimum absolute atomic E-state index is 0.0883. The van der Waals surface area contributed by atoms with Crippen LogP contribution in [0.2, 0.25) is 5.02 Å². The van der Waals surface area contributed by atoms with E-state index in [2.05, 4.69) is 29.4 Å². The lowest BCUT2D eigenvalue weighted by atomic mass is 9.99. The fourth-order valence-corrected chi connectivity index (χ4v) is 6.50. The quantitative estimate of drug-likeness (QED) is 0.336. The molecule has 0 bridgehead atoms. The molecule has 9 heteroatoms. The average molecular weight is 534 g/mol. The Hall–Kier alpha value is -3.36. The minimum atomic E-state index is -0.851. The van der Waals surface area contributed by atoms with Gasteiger partial charge in [-0.25, -0.2) is 4.39 Å². The van der Waals surface area contributed by atoms with E-state index in [1.54, 1.807) is 11.3 Å². The summed E-state index contributed by atoms with van der Waals surface area (Å²) in [5.41, 5.74) is 6.52. The lowest BCUT2D eigenvalue weighted by molar-refractivity contribution is -0.116. The Bertz CT molecular complexity index is 1570. The number of alkyl halides is 1. The number of fused-ring (bicyclic) bond motifs is 4. The van der Waals surface area contributed by atoms with Crippen molar-refractivity contribution >= 4 is 40.2 Å². The molecule has 1 amide bonds. The third-order valence-corrected chi connectivity index (χ3v) is 8.55. The molecule has 1 aliphatic carbocycles. The van der Waals surface area contributed by atoms with Gasteiger partial charge in [0.25, 0.3) is 0 Å². The van der Waals surface area contributed by atoms with Crippen LogP contribution in [0.4, 0.5) is 10.1 Å². The van der Waals surface area contributed by atoms with E-state index < -0.39 is 12.2 Å². The molecule has 0 radical (unpaired) electrons. The van der Waals surface area contributed by atoms with Crippen LogP contribution in [0.1, 0.15) is 56.8 Å². The number of anilines is 1. The van der Waals surface area contributed by atoms with Crippen LogP contribution in [0.5, 0.6) is 0 Å². The van der Waals surface area contributed by atoms with Gasteiger partial charge >= 0.3 is 0 Å². The molecular formula is C28H25ClFN5OS. The molecule has 4 aromatic rings. The van der Waals surface area contributed by atoms with Gasteiger partial charge < -0.3 is 5.32 Å². The van der Waals surface area contributed by atoms with Crippen molar-refractivity contribution in [1.82, 2.24) is 14.8 Å². The average Bonchev–Trinajstić information content (AvgIpc) is 3.48. The first kappa shape index (κ1) is 24.0. The predicted molar refractivity (Wildman–Crippen MR) is 145 cm³/mol. The summed E-state index contributed by atoms with van der Waals surface area (Å²) in [6, 6.07) is 12.7. The summed E-state index contributed by atoms with van der Waals surface area (Å²) in [5, 5.41) is 13.4. The second kappa shape index (κ2) is 9.19. The molecular weight excluding hydrogens is 509 g/mol. The molecule has 1 N–H and O–H groups in total. The third-order valence-electron chi connectivity index (χ3n) is 7.11. The van der Waals surface area contributed by atoms with Crippen LogP contribution in [0.3, 0.4) is 0 Å². The molecule has 0 fully saturated rings. The number of amides is 1. The van der Waals surface area contributed by atoms with Crippen molar-refractivity contribution in [1.29, 1.82) is 0 Å². The number of benzene rings is 2. The first-order valence-electron chi connectivity index (χ1n) is 12.2. The van der Waals surface area contributed by atoms with E-state index in [-0.39, 0.29) is 12.3 Å². The summed E-state index contributed by atoms with van der Waals surface area (Å²) in [7, 11) is 0. The van der Waals surface area contributed by atoms with E-state index in [9.17, 15) is 9.18 Å². The van der Waals surface area contributed by atoms with Crippen LogP contribution in [-0.2, 0) is 17.6 Å².